The van der Waals surface area contributed by atoms with Crippen LogP contribution < -0.4 is 10.1 Å². The molecule has 1 unspecified atom stereocenters. The van der Waals surface area contributed by atoms with Crippen molar-refractivity contribution >= 4 is 0 Å². The van der Waals surface area contributed by atoms with E-state index in [9.17, 15) is 0 Å². The van der Waals surface area contributed by atoms with Crippen LogP contribution in [-0.2, 0) is 0 Å². The van der Waals surface area contributed by atoms with Gasteiger partial charge in [0.05, 0.1) is 6.10 Å². The Bertz CT molecular complexity index is 316. The van der Waals surface area contributed by atoms with E-state index in [4.69, 9.17) is 4.74 Å². The molecule has 0 radical (unpaired) electrons. The fourth-order valence-corrected chi connectivity index (χ4v) is 1.64. The van der Waals surface area contributed by atoms with Crippen LogP contribution in [0.15, 0.2) is 24.3 Å². The van der Waals surface area contributed by atoms with Gasteiger partial charge in [0.25, 0.3) is 0 Å². The molecule has 0 saturated carbocycles. The minimum atomic E-state index is 0.234. The molecule has 96 valence electrons. The maximum Gasteiger partial charge on any atom is 0.119 e. The summed E-state index contributed by atoms with van der Waals surface area (Å²) in [5, 5.41) is 3.52. The van der Waals surface area contributed by atoms with E-state index in [1.807, 2.05) is 26.0 Å². The van der Waals surface area contributed by atoms with E-state index >= 15 is 0 Å². The highest BCUT2D eigenvalue weighted by atomic mass is 16.5. The molecule has 0 aliphatic rings. The molecule has 1 aromatic rings. The fourth-order valence-electron chi connectivity index (χ4n) is 1.64. The lowest BCUT2D eigenvalue weighted by molar-refractivity contribution is 0.242. The van der Waals surface area contributed by atoms with E-state index in [0.29, 0.717) is 12.0 Å². The van der Waals surface area contributed by atoms with Crippen LogP contribution in [0.5, 0.6) is 5.75 Å². The third-order valence-corrected chi connectivity index (χ3v) is 2.58. The molecule has 0 heterocycles. The average molecular weight is 235 g/mol. The van der Waals surface area contributed by atoms with Gasteiger partial charge in [-0.3, -0.25) is 0 Å². The Kier molecular flexibility index (Phi) is 5.49. The number of hydrogen-bond acceptors (Lipinski definition) is 2. The summed E-state index contributed by atoms with van der Waals surface area (Å²) in [7, 11) is 0. The Labute approximate surface area is 105 Å². The summed E-state index contributed by atoms with van der Waals surface area (Å²) >= 11 is 0. The number of ether oxygens (including phenoxy) is 1. The molecule has 0 aliphatic heterocycles. The third-order valence-electron chi connectivity index (χ3n) is 2.58. The van der Waals surface area contributed by atoms with Crippen LogP contribution in [0.3, 0.4) is 0 Å². The van der Waals surface area contributed by atoms with Gasteiger partial charge in [-0.25, -0.2) is 0 Å². The van der Waals surface area contributed by atoms with Gasteiger partial charge in [-0.1, -0.05) is 26.0 Å². The first-order chi connectivity index (χ1) is 7.99. The van der Waals surface area contributed by atoms with Gasteiger partial charge in [0.1, 0.15) is 5.75 Å². The molecule has 0 aliphatic carbocycles. The monoisotopic (exact) mass is 235 g/mol. The van der Waals surface area contributed by atoms with E-state index < -0.39 is 0 Å². The molecule has 0 saturated heterocycles. The second-order valence-corrected chi connectivity index (χ2v) is 5.26. The van der Waals surface area contributed by atoms with Crippen molar-refractivity contribution in [2.45, 2.75) is 46.8 Å². The lowest BCUT2D eigenvalue weighted by atomic mass is 10.1. The standard InChI is InChI=1S/C15H25NO/c1-11(2)10-16-13(5)14-6-8-15(9-7-14)17-12(3)4/h6-9,11-13,16H,10H2,1-5H3. The summed E-state index contributed by atoms with van der Waals surface area (Å²) < 4.78 is 5.63. The normalized spacial score (nSPS) is 13.1. The maximum absolute atomic E-state index is 5.63. The van der Waals surface area contributed by atoms with Gasteiger partial charge in [0, 0.05) is 6.04 Å². The van der Waals surface area contributed by atoms with Crippen molar-refractivity contribution in [3.8, 4) is 5.75 Å². The van der Waals surface area contributed by atoms with E-state index in [1.165, 1.54) is 5.56 Å². The van der Waals surface area contributed by atoms with Crippen LogP contribution in [0, 0.1) is 5.92 Å². The van der Waals surface area contributed by atoms with Crippen molar-refractivity contribution in [3.05, 3.63) is 29.8 Å². The average Bonchev–Trinajstić information content (AvgIpc) is 2.26. The molecular formula is C15H25NO. The van der Waals surface area contributed by atoms with E-state index in [1.54, 1.807) is 0 Å². The van der Waals surface area contributed by atoms with Crippen LogP contribution in [-0.4, -0.2) is 12.6 Å². The topological polar surface area (TPSA) is 21.3 Å². The summed E-state index contributed by atoms with van der Waals surface area (Å²) in [6.07, 6.45) is 0.234. The molecule has 2 nitrogen and oxygen atoms in total. The number of nitrogens with one attached hydrogen (secondary N) is 1. The first-order valence-electron chi connectivity index (χ1n) is 6.49. The molecule has 0 fully saturated rings. The summed E-state index contributed by atoms with van der Waals surface area (Å²) in [5.74, 6) is 1.63. The van der Waals surface area contributed by atoms with Gasteiger partial charge >= 0.3 is 0 Å². The first kappa shape index (κ1) is 14.0. The second-order valence-electron chi connectivity index (χ2n) is 5.26. The zero-order chi connectivity index (χ0) is 12.8. The van der Waals surface area contributed by atoms with Gasteiger partial charge in [0.2, 0.25) is 0 Å². The molecule has 1 aromatic carbocycles. The minimum Gasteiger partial charge on any atom is -0.491 e. The predicted molar refractivity (Wildman–Crippen MR) is 73.5 cm³/mol. The van der Waals surface area contributed by atoms with Crippen LogP contribution in [0.2, 0.25) is 0 Å². The molecule has 17 heavy (non-hydrogen) atoms. The first-order valence-corrected chi connectivity index (χ1v) is 6.49. The zero-order valence-corrected chi connectivity index (χ0v) is 11.7. The van der Waals surface area contributed by atoms with Crippen LogP contribution >= 0.6 is 0 Å². The fraction of sp³-hybridized carbons (Fsp3) is 0.600. The lowest BCUT2D eigenvalue weighted by Crippen LogP contribution is -2.23. The Morgan fingerprint density at radius 2 is 1.59 bits per heavy atom. The molecule has 0 bridgehead atoms. The van der Waals surface area contributed by atoms with E-state index in [2.05, 4.69) is 38.2 Å². The van der Waals surface area contributed by atoms with E-state index in [-0.39, 0.29) is 6.10 Å². The highest BCUT2D eigenvalue weighted by Gasteiger charge is 2.06. The highest BCUT2D eigenvalue weighted by molar-refractivity contribution is 5.29. The largest absolute Gasteiger partial charge is 0.491 e. The number of rotatable bonds is 6. The van der Waals surface area contributed by atoms with E-state index in [0.717, 1.165) is 12.3 Å². The quantitative estimate of drug-likeness (QED) is 0.810. The van der Waals surface area contributed by atoms with Crippen molar-refractivity contribution in [2.75, 3.05) is 6.54 Å². The molecule has 1 rings (SSSR count). The summed E-state index contributed by atoms with van der Waals surface area (Å²) in [4.78, 5) is 0. The van der Waals surface area contributed by atoms with Crippen molar-refractivity contribution in [3.63, 3.8) is 0 Å². The van der Waals surface area contributed by atoms with Crippen molar-refractivity contribution in [1.29, 1.82) is 0 Å². The molecule has 0 amide bonds. The zero-order valence-electron chi connectivity index (χ0n) is 11.7. The maximum atomic E-state index is 5.63. The van der Waals surface area contributed by atoms with Gasteiger partial charge in [-0.05, 0) is 50.9 Å². The van der Waals surface area contributed by atoms with Gasteiger partial charge in [-0.15, -0.1) is 0 Å². The molecular weight excluding hydrogens is 210 g/mol. The molecule has 0 aromatic heterocycles. The molecule has 1 N–H and O–H groups in total. The van der Waals surface area contributed by atoms with Crippen LogP contribution in [0.25, 0.3) is 0 Å². The predicted octanol–water partition coefficient (Wildman–Crippen LogP) is 3.78. The van der Waals surface area contributed by atoms with Gasteiger partial charge in [0.15, 0.2) is 0 Å². The Balaban J connectivity index is 2.54. The smallest absolute Gasteiger partial charge is 0.119 e. The van der Waals surface area contributed by atoms with Gasteiger partial charge in [-0.2, -0.15) is 0 Å². The Morgan fingerprint density at radius 1 is 1.00 bits per heavy atom. The lowest BCUT2D eigenvalue weighted by Gasteiger charge is -2.17. The minimum absolute atomic E-state index is 0.234. The Morgan fingerprint density at radius 3 is 2.06 bits per heavy atom. The Hall–Kier alpha value is -1.02. The van der Waals surface area contributed by atoms with Gasteiger partial charge < -0.3 is 10.1 Å². The highest BCUT2D eigenvalue weighted by Crippen LogP contribution is 2.18. The second kappa shape index (κ2) is 6.65. The molecule has 1 atom stereocenters. The van der Waals surface area contributed by atoms with Crippen molar-refractivity contribution in [1.82, 2.24) is 5.32 Å². The number of benzene rings is 1. The summed E-state index contributed by atoms with van der Waals surface area (Å²) in [6, 6.07) is 8.75. The van der Waals surface area contributed by atoms with Crippen molar-refractivity contribution < 1.29 is 4.74 Å². The number of hydrogen-bond donors (Lipinski definition) is 1. The van der Waals surface area contributed by atoms with Crippen molar-refractivity contribution in [2.24, 2.45) is 5.92 Å². The van der Waals surface area contributed by atoms with Crippen LogP contribution in [0.1, 0.15) is 46.2 Å². The molecule has 2 heteroatoms. The van der Waals surface area contributed by atoms with Crippen LogP contribution in [0.4, 0.5) is 0 Å². The SMILES string of the molecule is CC(C)CNC(C)c1ccc(OC(C)C)cc1. The summed E-state index contributed by atoms with van der Waals surface area (Å²) in [5.41, 5.74) is 1.31. The summed E-state index contributed by atoms with van der Waals surface area (Å²) in [6.45, 7) is 11.8. The third kappa shape index (κ3) is 5.22. The molecule has 0 spiro atoms.